The first-order valence-corrected chi connectivity index (χ1v) is 6.44. The largest absolute Gasteiger partial charge is 0.385 e. The topological polar surface area (TPSA) is 40.7 Å². The molecule has 0 aliphatic carbocycles. The van der Waals surface area contributed by atoms with E-state index in [0.717, 1.165) is 29.1 Å². The molecule has 0 spiro atoms. The zero-order valence-corrected chi connectivity index (χ0v) is 11.5. The highest BCUT2D eigenvalue weighted by Crippen LogP contribution is 2.28. The fourth-order valence-electron chi connectivity index (χ4n) is 2.21. The van der Waals surface area contributed by atoms with Gasteiger partial charge in [0.15, 0.2) is 0 Å². The Balaban J connectivity index is 2.28. The molecule has 18 heavy (non-hydrogen) atoms. The lowest BCUT2D eigenvalue weighted by Gasteiger charge is -2.07. The summed E-state index contributed by atoms with van der Waals surface area (Å²) in [6.07, 6.45) is 1.12. The van der Waals surface area contributed by atoms with E-state index in [4.69, 9.17) is 0 Å². The van der Waals surface area contributed by atoms with Gasteiger partial charge in [0.2, 0.25) is 0 Å². The Morgan fingerprint density at radius 1 is 1.22 bits per heavy atom. The van der Waals surface area contributed by atoms with E-state index < -0.39 is 0 Å². The molecule has 1 heterocycles. The van der Waals surface area contributed by atoms with Gasteiger partial charge in [0.25, 0.3) is 0 Å². The molecule has 0 saturated heterocycles. The molecule has 0 aliphatic heterocycles. The van der Waals surface area contributed by atoms with Gasteiger partial charge in [-0.1, -0.05) is 38.1 Å². The van der Waals surface area contributed by atoms with Crippen molar-refractivity contribution in [1.29, 1.82) is 0 Å². The maximum atomic E-state index is 4.36. The summed E-state index contributed by atoms with van der Waals surface area (Å²) in [5, 5.41) is 10.6. The Bertz CT molecular complexity index is 509. The number of aromatic amines is 1. The predicted octanol–water partition coefficient (Wildman–Crippen LogP) is 3.63. The Morgan fingerprint density at radius 2 is 1.89 bits per heavy atom. The molecule has 0 amide bonds. The summed E-state index contributed by atoms with van der Waals surface area (Å²) in [6.45, 7) is 6.50. The summed E-state index contributed by atoms with van der Waals surface area (Å²) in [5.74, 6) is 0.691. The summed E-state index contributed by atoms with van der Waals surface area (Å²) in [6, 6.07) is 8.68. The van der Waals surface area contributed by atoms with Crippen molar-refractivity contribution in [3.05, 3.63) is 35.5 Å². The minimum atomic E-state index is 0.691. The van der Waals surface area contributed by atoms with Crippen LogP contribution in [0.2, 0.25) is 0 Å². The minimum Gasteiger partial charge on any atom is -0.385 e. The van der Waals surface area contributed by atoms with Crippen LogP contribution in [0.15, 0.2) is 24.3 Å². The summed E-state index contributed by atoms with van der Waals surface area (Å²) >= 11 is 0. The standard InChI is InChI=1S/C15H21N3/c1-10(2)9-12-5-7-13(8-6-12)15-14(16-4)11(3)17-18-15/h5-8,10,16H,9H2,1-4H3,(H,17,18). The van der Waals surface area contributed by atoms with E-state index in [2.05, 4.69) is 53.6 Å². The lowest BCUT2D eigenvalue weighted by Crippen LogP contribution is -1.94. The Labute approximate surface area is 109 Å². The molecule has 2 N–H and O–H groups in total. The van der Waals surface area contributed by atoms with Gasteiger partial charge in [0.1, 0.15) is 5.69 Å². The van der Waals surface area contributed by atoms with Gasteiger partial charge in [-0.15, -0.1) is 0 Å². The Morgan fingerprint density at radius 3 is 2.44 bits per heavy atom. The molecule has 0 bridgehead atoms. The Kier molecular flexibility index (Phi) is 3.70. The van der Waals surface area contributed by atoms with E-state index in [1.807, 2.05) is 14.0 Å². The van der Waals surface area contributed by atoms with Crippen LogP contribution in [-0.4, -0.2) is 17.2 Å². The average molecular weight is 243 g/mol. The number of H-pyrrole nitrogens is 1. The van der Waals surface area contributed by atoms with E-state index in [1.165, 1.54) is 5.56 Å². The second kappa shape index (κ2) is 5.25. The summed E-state index contributed by atoms with van der Waals surface area (Å²) in [7, 11) is 1.93. The van der Waals surface area contributed by atoms with Crippen LogP contribution in [0.3, 0.4) is 0 Å². The minimum absolute atomic E-state index is 0.691. The summed E-state index contributed by atoms with van der Waals surface area (Å²) in [5.41, 5.74) is 5.67. The number of anilines is 1. The fraction of sp³-hybridized carbons (Fsp3) is 0.400. The first-order chi connectivity index (χ1) is 8.61. The number of nitrogens with one attached hydrogen (secondary N) is 2. The van der Waals surface area contributed by atoms with Crippen LogP contribution in [0.25, 0.3) is 11.3 Å². The van der Waals surface area contributed by atoms with Crippen LogP contribution in [0.4, 0.5) is 5.69 Å². The maximum absolute atomic E-state index is 4.36. The van der Waals surface area contributed by atoms with Gasteiger partial charge in [0.05, 0.1) is 11.4 Å². The number of nitrogens with zero attached hydrogens (tertiary/aromatic N) is 1. The molecule has 96 valence electrons. The summed E-state index contributed by atoms with van der Waals surface area (Å²) < 4.78 is 0. The van der Waals surface area contributed by atoms with Crippen molar-refractivity contribution < 1.29 is 0 Å². The van der Waals surface area contributed by atoms with E-state index in [0.29, 0.717) is 5.92 Å². The SMILES string of the molecule is CNc1c(-c2ccc(CC(C)C)cc2)n[nH]c1C. The van der Waals surface area contributed by atoms with Gasteiger partial charge in [-0.3, -0.25) is 5.10 Å². The van der Waals surface area contributed by atoms with Crippen molar-refractivity contribution in [3.8, 4) is 11.3 Å². The van der Waals surface area contributed by atoms with Gasteiger partial charge < -0.3 is 5.32 Å². The van der Waals surface area contributed by atoms with Crippen LogP contribution >= 0.6 is 0 Å². The van der Waals surface area contributed by atoms with E-state index >= 15 is 0 Å². The predicted molar refractivity (Wildman–Crippen MR) is 76.8 cm³/mol. The zero-order valence-electron chi connectivity index (χ0n) is 11.5. The van der Waals surface area contributed by atoms with Gasteiger partial charge in [-0.2, -0.15) is 5.10 Å². The molecular formula is C15H21N3. The van der Waals surface area contributed by atoms with E-state index in [-0.39, 0.29) is 0 Å². The number of benzene rings is 1. The third-order valence-corrected chi connectivity index (χ3v) is 3.07. The number of hydrogen-bond donors (Lipinski definition) is 2. The van der Waals surface area contributed by atoms with Crippen molar-refractivity contribution in [3.63, 3.8) is 0 Å². The molecule has 0 fully saturated rings. The second-order valence-electron chi connectivity index (χ2n) is 5.12. The molecule has 0 saturated carbocycles. The molecule has 2 rings (SSSR count). The van der Waals surface area contributed by atoms with Crippen LogP contribution in [0, 0.1) is 12.8 Å². The van der Waals surface area contributed by atoms with Crippen molar-refractivity contribution >= 4 is 5.69 Å². The van der Waals surface area contributed by atoms with E-state index in [9.17, 15) is 0 Å². The average Bonchev–Trinajstić information content (AvgIpc) is 2.70. The fourth-order valence-corrected chi connectivity index (χ4v) is 2.21. The first-order valence-electron chi connectivity index (χ1n) is 6.44. The third kappa shape index (κ3) is 2.55. The molecule has 3 heteroatoms. The molecule has 0 aliphatic rings. The highest BCUT2D eigenvalue weighted by molar-refractivity contribution is 5.75. The molecule has 2 aromatic rings. The molecule has 0 atom stereocenters. The molecule has 0 unspecified atom stereocenters. The van der Waals surface area contributed by atoms with Crippen LogP contribution < -0.4 is 5.32 Å². The van der Waals surface area contributed by atoms with Gasteiger partial charge in [-0.25, -0.2) is 0 Å². The lowest BCUT2D eigenvalue weighted by molar-refractivity contribution is 0.647. The first kappa shape index (κ1) is 12.7. The summed E-state index contributed by atoms with van der Waals surface area (Å²) in [4.78, 5) is 0. The number of aromatic nitrogens is 2. The highest BCUT2D eigenvalue weighted by Gasteiger charge is 2.10. The van der Waals surface area contributed by atoms with E-state index in [1.54, 1.807) is 0 Å². The third-order valence-electron chi connectivity index (χ3n) is 3.07. The van der Waals surface area contributed by atoms with Crippen molar-refractivity contribution in [2.45, 2.75) is 27.2 Å². The van der Waals surface area contributed by atoms with Crippen LogP contribution in [0.1, 0.15) is 25.1 Å². The highest BCUT2D eigenvalue weighted by atomic mass is 15.1. The monoisotopic (exact) mass is 243 g/mol. The molecule has 0 radical (unpaired) electrons. The van der Waals surface area contributed by atoms with Crippen LogP contribution in [-0.2, 0) is 6.42 Å². The molecule has 1 aromatic carbocycles. The quantitative estimate of drug-likeness (QED) is 0.861. The number of aryl methyl sites for hydroxylation is 1. The van der Waals surface area contributed by atoms with Gasteiger partial charge in [0, 0.05) is 12.6 Å². The van der Waals surface area contributed by atoms with Gasteiger partial charge in [-0.05, 0) is 24.8 Å². The smallest absolute Gasteiger partial charge is 0.115 e. The number of hydrogen-bond acceptors (Lipinski definition) is 2. The van der Waals surface area contributed by atoms with Crippen molar-refractivity contribution in [1.82, 2.24) is 10.2 Å². The van der Waals surface area contributed by atoms with Crippen molar-refractivity contribution in [2.75, 3.05) is 12.4 Å². The molecule has 1 aromatic heterocycles. The number of rotatable bonds is 4. The van der Waals surface area contributed by atoms with Crippen LogP contribution in [0.5, 0.6) is 0 Å². The van der Waals surface area contributed by atoms with Crippen molar-refractivity contribution in [2.24, 2.45) is 5.92 Å². The maximum Gasteiger partial charge on any atom is 0.115 e. The molecular weight excluding hydrogens is 222 g/mol. The van der Waals surface area contributed by atoms with Gasteiger partial charge >= 0.3 is 0 Å². The zero-order chi connectivity index (χ0) is 13.1. The second-order valence-corrected chi connectivity index (χ2v) is 5.12. The lowest BCUT2D eigenvalue weighted by atomic mass is 10.0. The Hall–Kier alpha value is -1.77. The molecule has 3 nitrogen and oxygen atoms in total. The normalized spacial score (nSPS) is 10.9.